The van der Waals surface area contributed by atoms with Gasteiger partial charge < -0.3 is 5.32 Å². The van der Waals surface area contributed by atoms with Gasteiger partial charge in [-0.05, 0) is 24.6 Å². The smallest absolute Gasteiger partial charge is 0.307 e. The fourth-order valence-corrected chi connectivity index (χ4v) is 2.32. The quantitative estimate of drug-likeness (QED) is 0.743. The summed E-state index contributed by atoms with van der Waals surface area (Å²) < 4.78 is 2.24. The van der Waals surface area contributed by atoms with Gasteiger partial charge >= 0.3 is 5.69 Å². The number of fused-ring (bicyclic) bond motifs is 1. The molecule has 122 valence electrons. The van der Waals surface area contributed by atoms with Crippen molar-refractivity contribution in [2.24, 2.45) is 14.1 Å². The molecule has 8 heteroatoms. The van der Waals surface area contributed by atoms with E-state index < -0.39 is 17.2 Å². The predicted molar refractivity (Wildman–Crippen MR) is 89.2 cm³/mol. The van der Waals surface area contributed by atoms with Crippen LogP contribution in [0.1, 0.15) is 15.9 Å². The van der Waals surface area contributed by atoms with E-state index in [0.29, 0.717) is 5.82 Å². The molecule has 0 fully saturated rings. The highest BCUT2D eigenvalue weighted by molar-refractivity contribution is 6.05. The molecule has 3 heterocycles. The summed E-state index contributed by atoms with van der Waals surface area (Å²) in [6.07, 6.45) is 2.96. The zero-order valence-electron chi connectivity index (χ0n) is 13.4. The lowest BCUT2D eigenvalue weighted by atomic mass is 10.2. The Morgan fingerprint density at radius 2 is 1.83 bits per heavy atom. The molecule has 0 aromatic carbocycles. The number of hydrogen-bond donors (Lipinski definition) is 1. The van der Waals surface area contributed by atoms with E-state index in [-0.39, 0.29) is 16.6 Å². The molecule has 1 amide bonds. The molecule has 0 saturated carbocycles. The lowest BCUT2D eigenvalue weighted by Gasteiger charge is -2.08. The Bertz CT molecular complexity index is 1060. The number of carbonyl (C=O) groups excluding carboxylic acids is 1. The summed E-state index contributed by atoms with van der Waals surface area (Å²) in [4.78, 5) is 44.6. The van der Waals surface area contributed by atoms with Gasteiger partial charge in [-0.1, -0.05) is 6.07 Å². The van der Waals surface area contributed by atoms with E-state index in [0.717, 1.165) is 10.1 Å². The molecule has 8 nitrogen and oxygen atoms in total. The van der Waals surface area contributed by atoms with Gasteiger partial charge in [0, 0.05) is 26.5 Å². The number of anilines is 1. The highest BCUT2D eigenvalue weighted by Gasteiger charge is 2.14. The van der Waals surface area contributed by atoms with Crippen molar-refractivity contribution in [3.8, 4) is 0 Å². The molecule has 24 heavy (non-hydrogen) atoms. The van der Waals surface area contributed by atoms with Crippen LogP contribution in [0.4, 0.5) is 5.82 Å². The fraction of sp³-hybridized carbons (Fsp3) is 0.188. The van der Waals surface area contributed by atoms with Crippen LogP contribution in [0, 0.1) is 6.92 Å². The van der Waals surface area contributed by atoms with E-state index >= 15 is 0 Å². The summed E-state index contributed by atoms with van der Waals surface area (Å²) in [5.41, 5.74) is 0.447. The minimum absolute atomic E-state index is 0.198. The second-order valence-electron chi connectivity index (χ2n) is 5.48. The molecule has 0 atom stereocenters. The molecule has 0 bridgehead atoms. The van der Waals surface area contributed by atoms with Crippen molar-refractivity contribution in [2.75, 3.05) is 5.32 Å². The van der Waals surface area contributed by atoms with Crippen LogP contribution >= 0.6 is 0 Å². The maximum atomic E-state index is 12.3. The number of carbonyl (C=O) groups is 1. The number of rotatable bonds is 2. The molecule has 0 aliphatic heterocycles. The number of nitrogens with zero attached hydrogens (tertiary/aromatic N) is 4. The first-order valence-electron chi connectivity index (χ1n) is 7.18. The summed E-state index contributed by atoms with van der Waals surface area (Å²) in [7, 11) is 2.90. The van der Waals surface area contributed by atoms with Crippen LogP contribution in [0.3, 0.4) is 0 Å². The molecule has 0 aliphatic carbocycles. The minimum Gasteiger partial charge on any atom is -0.307 e. The molecule has 0 radical (unpaired) electrons. The maximum absolute atomic E-state index is 12.3. The van der Waals surface area contributed by atoms with E-state index in [2.05, 4.69) is 15.3 Å². The highest BCUT2D eigenvalue weighted by atomic mass is 16.2. The van der Waals surface area contributed by atoms with E-state index in [1.165, 1.54) is 30.9 Å². The maximum Gasteiger partial charge on any atom is 0.332 e. The van der Waals surface area contributed by atoms with Crippen LogP contribution in [0.15, 0.2) is 40.2 Å². The highest BCUT2D eigenvalue weighted by Crippen LogP contribution is 2.10. The van der Waals surface area contributed by atoms with Crippen molar-refractivity contribution in [3.05, 3.63) is 62.6 Å². The van der Waals surface area contributed by atoms with Gasteiger partial charge in [0.1, 0.15) is 11.5 Å². The lowest BCUT2D eigenvalue weighted by molar-refractivity contribution is 0.102. The predicted octanol–water partition coefficient (Wildman–Crippen LogP) is 0.588. The first-order valence-corrected chi connectivity index (χ1v) is 7.18. The molecule has 3 aromatic heterocycles. The largest absolute Gasteiger partial charge is 0.332 e. The van der Waals surface area contributed by atoms with E-state index in [9.17, 15) is 14.4 Å². The minimum atomic E-state index is -0.497. The zero-order valence-corrected chi connectivity index (χ0v) is 13.4. The molecule has 0 saturated heterocycles. The molecule has 0 aliphatic rings. The Hall–Kier alpha value is -3.29. The van der Waals surface area contributed by atoms with Crippen molar-refractivity contribution in [1.82, 2.24) is 19.1 Å². The van der Waals surface area contributed by atoms with Gasteiger partial charge in [0.05, 0.1) is 10.9 Å². The fourth-order valence-electron chi connectivity index (χ4n) is 2.32. The van der Waals surface area contributed by atoms with Crippen LogP contribution in [-0.2, 0) is 14.1 Å². The summed E-state index contributed by atoms with van der Waals surface area (Å²) in [6.45, 7) is 1.89. The normalized spacial score (nSPS) is 10.8. The first kappa shape index (κ1) is 15.6. The van der Waals surface area contributed by atoms with Gasteiger partial charge in [-0.25, -0.2) is 14.8 Å². The summed E-state index contributed by atoms with van der Waals surface area (Å²) in [5.74, 6) is -0.0317. The summed E-state index contributed by atoms with van der Waals surface area (Å²) in [6, 6.07) is 4.94. The van der Waals surface area contributed by atoms with Crippen LogP contribution in [0.25, 0.3) is 11.0 Å². The van der Waals surface area contributed by atoms with Crippen molar-refractivity contribution in [2.45, 2.75) is 6.92 Å². The van der Waals surface area contributed by atoms with Gasteiger partial charge in [-0.15, -0.1) is 0 Å². The van der Waals surface area contributed by atoms with E-state index in [4.69, 9.17) is 0 Å². The van der Waals surface area contributed by atoms with E-state index in [1.54, 1.807) is 12.3 Å². The molecular formula is C16H15N5O3. The summed E-state index contributed by atoms with van der Waals surface area (Å²) in [5, 5.41) is 2.84. The zero-order chi connectivity index (χ0) is 17.4. The lowest BCUT2D eigenvalue weighted by Crippen LogP contribution is -2.37. The third-order valence-electron chi connectivity index (χ3n) is 3.71. The number of amides is 1. The number of hydrogen-bond acceptors (Lipinski definition) is 5. The molecule has 3 aromatic rings. The third-order valence-corrected chi connectivity index (χ3v) is 3.71. The molecule has 3 rings (SSSR count). The Morgan fingerprint density at radius 1 is 1.08 bits per heavy atom. The van der Waals surface area contributed by atoms with Gasteiger partial charge in [-0.2, -0.15) is 0 Å². The molecular weight excluding hydrogens is 310 g/mol. The number of aryl methyl sites for hydroxylation is 2. The molecule has 1 N–H and O–H groups in total. The Labute approximate surface area is 136 Å². The van der Waals surface area contributed by atoms with Crippen molar-refractivity contribution < 1.29 is 4.79 Å². The monoisotopic (exact) mass is 325 g/mol. The summed E-state index contributed by atoms with van der Waals surface area (Å²) >= 11 is 0. The number of pyridine rings is 2. The van der Waals surface area contributed by atoms with Crippen LogP contribution < -0.4 is 16.6 Å². The van der Waals surface area contributed by atoms with Crippen molar-refractivity contribution in [1.29, 1.82) is 0 Å². The second-order valence-corrected chi connectivity index (χ2v) is 5.48. The van der Waals surface area contributed by atoms with Crippen molar-refractivity contribution in [3.63, 3.8) is 0 Å². The van der Waals surface area contributed by atoms with Gasteiger partial charge in [-0.3, -0.25) is 18.7 Å². The Kier molecular flexibility index (Phi) is 3.72. The van der Waals surface area contributed by atoms with Crippen LogP contribution in [0.2, 0.25) is 0 Å². The second kappa shape index (κ2) is 5.73. The van der Waals surface area contributed by atoms with E-state index in [1.807, 2.05) is 13.0 Å². The van der Waals surface area contributed by atoms with Gasteiger partial charge in [0.15, 0.2) is 0 Å². The topological polar surface area (TPSA) is 98.9 Å². The first-order chi connectivity index (χ1) is 11.4. The SMILES string of the molecule is Cc1ccc(NC(=O)c2cnc3c(c2)c(=O)n(C)c(=O)n3C)nc1. The van der Waals surface area contributed by atoms with Crippen molar-refractivity contribution >= 4 is 22.8 Å². The Morgan fingerprint density at radius 3 is 2.50 bits per heavy atom. The number of nitrogens with one attached hydrogen (secondary N) is 1. The average molecular weight is 325 g/mol. The molecule has 0 unspecified atom stereocenters. The number of aromatic nitrogens is 4. The van der Waals surface area contributed by atoms with Gasteiger partial charge in [0.2, 0.25) is 0 Å². The molecule has 0 spiro atoms. The Balaban J connectivity index is 2.04. The standard InChI is InChI=1S/C16H15N5O3/c1-9-4-5-12(17-7-9)19-14(22)10-6-11-13(18-8-10)20(2)16(24)21(3)15(11)23/h4-8H,1-3H3,(H,17,19,22). The van der Waals surface area contributed by atoms with Gasteiger partial charge in [0.25, 0.3) is 11.5 Å². The van der Waals surface area contributed by atoms with Crippen LogP contribution in [0.5, 0.6) is 0 Å². The van der Waals surface area contributed by atoms with Crippen LogP contribution in [-0.4, -0.2) is 25.0 Å². The average Bonchev–Trinajstić information content (AvgIpc) is 2.59. The third kappa shape index (κ3) is 2.58.